The summed E-state index contributed by atoms with van der Waals surface area (Å²) in [5, 5.41) is 64.3. The Bertz CT molecular complexity index is 1440. The second-order valence-electron chi connectivity index (χ2n) is 17.7. The smallest absolute Gasteiger partial charge is 0.470 e. The third kappa shape index (κ3) is 22.4. The Morgan fingerprint density at radius 2 is 1.30 bits per heavy atom. The summed E-state index contributed by atoms with van der Waals surface area (Å²) in [6.07, 6.45) is 3.51. The van der Waals surface area contributed by atoms with Crippen LogP contribution in [0.5, 0.6) is 0 Å². The lowest BCUT2D eigenvalue weighted by Gasteiger charge is -2.46. The number of amides is 1. The fourth-order valence-corrected chi connectivity index (χ4v) is 8.82. The van der Waals surface area contributed by atoms with Gasteiger partial charge in [0, 0.05) is 19.3 Å². The van der Waals surface area contributed by atoms with E-state index >= 15 is 0 Å². The number of phosphoric acid groups is 1. The van der Waals surface area contributed by atoms with Gasteiger partial charge in [-0.05, 0) is 19.3 Å². The number of carbonyl (C=O) groups excluding carboxylic acids is 3. The molecule has 2 fully saturated rings. The Labute approximate surface area is 390 Å². The van der Waals surface area contributed by atoms with E-state index in [0.29, 0.717) is 19.3 Å². The molecule has 0 bridgehead atoms. The first-order chi connectivity index (χ1) is 31.4. The predicted molar refractivity (Wildman–Crippen MR) is 238 cm³/mol. The monoisotopic (exact) mass is 972 g/mol. The second kappa shape index (κ2) is 32.5. The van der Waals surface area contributed by atoms with E-state index in [0.717, 1.165) is 64.2 Å². The second-order valence-corrected chi connectivity index (χ2v) is 18.9. The van der Waals surface area contributed by atoms with E-state index in [1.54, 1.807) is 0 Å². The fraction of sp³-hybridized carbons (Fsp3) is 0.911. The molecule has 1 unspecified atom stereocenters. The standard InChI is InChI=1S/C45H82NO19P/c1-4-7-9-11-13-15-16-18-20-22-24-26-36(51)61-31(25-23-21-19-17-14-12-10-8-5-2)27-37(52)63-42-38(46-35(50)6-3)43(54)62-34(41(42)65-66(57,58)59)30-60-45(44(55)56)28-32(48)39(53)40(64-45)33(49)29-47/h31-34,38-43,47-49,53-54H,4-30H2,1-3H3,(H,46,50)(H,55,56)(H2,57,58,59)/t31-,32+,33?,34+,38+,39+,40+,41+,42+,43+,45-/m0/s1. The maximum atomic E-state index is 13.9. The van der Waals surface area contributed by atoms with Gasteiger partial charge in [-0.3, -0.25) is 18.9 Å². The first-order valence-corrected chi connectivity index (χ1v) is 25.9. The molecular weight excluding hydrogens is 889 g/mol. The number of aliphatic hydroxyl groups is 5. The van der Waals surface area contributed by atoms with Crippen LogP contribution in [-0.4, -0.2) is 144 Å². The van der Waals surface area contributed by atoms with Crippen molar-refractivity contribution in [2.24, 2.45) is 0 Å². The average Bonchev–Trinajstić information content (AvgIpc) is 3.26. The largest absolute Gasteiger partial charge is 0.477 e. The average molecular weight is 972 g/mol. The van der Waals surface area contributed by atoms with Gasteiger partial charge in [-0.1, -0.05) is 136 Å². The van der Waals surface area contributed by atoms with E-state index in [-0.39, 0.29) is 12.8 Å². The van der Waals surface area contributed by atoms with Crippen LogP contribution >= 0.6 is 7.82 Å². The summed E-state index contributed by atoms with van der Waals surface area (Å²) in [5.41, 5.74) is 0. The fourth-order valence-electron chi connectivity index (χ4n) is 8.24. The van der Waals surface area contributed by atoms with Crippen LogP contribution in [0.1, 0.15) is 181 Å². The van der Waals surface area contributed by atoms with E-state index in [9.17, 15) is 64.2 Å². The highest BCUT2D eigenvalue weighted by Crippen LogP contribution is 2.43. The van der Waals surface area contributed by atoms with E-state index in [2.05, 4.69) is 19.2 Å². The number of nitrogens with one attached hydrogen (secondary N) is 1. The summed E-state index contributed by atoms with van der Waals surface area (Å²) >= 11 is 0. The van der Waals surface area contributed by atoms with Crippen LogP contribution in [0.4, 0.5) is 0 Å². The van der Waals surface area contributed by atoms with Crippen LogP contribution in [-0.2, 0) is 52.0 Å². The number of hydrogen-bond acceptors (Lipinski definition) is 16. The van der Waals surface area contributed by atoms with E-state index < -0.39 is 125 Å². The van der Waals surface area contributed by atoms with Gasteiger partial charge in [-0.2, -0.15) is 0 Å². The van der Waals surface area contributed by atoms with E-state index in [1.807, 2.05) is 0 Å². The van der Waals surface area contributed by atoms with Crippen LogP contribution in [0.3, 0.4) is 0 Å². The molecule has 66 heavy (non-hydrogen) atoms. The molecular formula is C45H82NO19P. The maximum absolute atomic E-state index is 13.9. The van der Waals surface area contributed by atoms with Crippen molar-refractivity contribution in [3.8, 4) is 0 Å². The number of ether oxygens (including phenoxy) is 5. The molecule has 0 aromatic heterocycles. The number of hydrogen-bond donors (Lipinski definition) is 9. The van der Waals surface area contributed by atoms with Gasteiger partial charge in [-0.25, -0.2) is 9.36 Å². The summed E-state index contributed by atoms with van der Waals surface area (Å²) in [5.74, 6) is -7.02. The molecule has 2 aliphatic heterocycles. The van der Waals surface area contributed by atoms with Crippen molar-refractivity contribution < 1.29 is 92.4 Å². The number of aliphatic hydroxyl groups excluding tert-OH is 5. The number of carbonyl (C=O) groups is 4. The summed E-state index contributed by atoms with van der Waals surface area (Å²) in [7, 11) is -5.56. The summed E-state index contributed by atoms with van der Waals surface area (Å²) < 4.78 is 45.5. The van der Waals surface area contributed by atoms with Gasteiger partial charge in [0.2, 0.25) is 5.91 Å². The summed E-state index contributed by atoms with van der Waals surface area (Å²) in [6.45, 7) is 3.73. The molecule has 2 heterocycles. The highest BCUT2D eigenvalue weighted by Gasteiger charge is 2.57. The first-order valence-electron chi connectivity index (χ1n) is 24.4. The van der Waals surface area contributed by atoms with Crippen molar-refractivity contribution in [3.05, 3.63) is 0 Å². The van der Waals surface area contributed by atoms with Gasteiger partial charge in [0.25, 0.3) is 5.79 Å². The molecule has 2 rings (SSSR count). The summed E-state index contributed by atoms with van der Waals surface area (Å²) in [4.78, 5) is 72.3. The number of carboxylic acids is 1. The van der Waals surface area contributed by atoms with Crippen molar-refractivity contribution >= 4 is 31.6 Å². The molecule has 2 saturated heterocycles. The molecule has 9 N–H and O–H groups in total. The molecule has 11 atom stereocenters. The highest BCUT2D eigenvalue weighted by atomic mass is 31.2. The molecule has 1 amide bonds. The maximum Gasteiger partial charge on any atom is 0.470 e. The number of phosphoric ester groups is 1. The van der Waals surface area contributed by atoms with E-state index in [4.69, 9.17) is 28.2 Å². The zero-order valence-electron chi connectivity index (χ0n) is 39.4. The quantitative estimate of drug-likeness (QED) is 0.0236. The molecule has 0 radical (unpaired) electrons. The third-order valence-electron chi connectivity index (χ3n) is 12.1. The van der Waals surface area contributed by atoms with Gasteiger partial charge >= 0.3 is 25.7 Å². The lowest BCUT2D eigenvalue weighted by molar-refractivity contribution is -0.337. The van der Waals surface area contributed by atoms with Crippen LogP contribution in [0.25, 0.3) is 0 Å². The number of rotatable bonds is 36. The predicted octanol–water partition coefficient (Wildman–Crippen LogP) is 4.57. The van der Waals surface area contributed by atoms with Gasteiger partial charge < -0.3 is 69.4 Å². The normalized spacial score (nSPS) is 26.6. The van der Waals surface area contributed by atoms with Crippen molar-refractivity contribution in [2.45, 2.75) is 248 Å². The molecule has 0 aromatic carbocycles. The highest BCUT2D eigenvalue weighted by molar-refractivity contribution is 7.46. The molecule has 0 aromatic rings. The number of aliphatic carboxylic acids is 1. The lowest BCUT2D eigenvalue weighted by Crippen LogP contribution is -2.67. The SMILES string of the molecule is CCCCCCCCCCCCCC(=O)O[C@@H](CCCCCCCCCCC)CC(=O)O[C@@H]1[C@@H](NC(=O)CC)[C@H](O)O[C@H](CO[C@@]2(C(=O)O)C[C@@H](O)[C@@H](O)[C@@H](C(O)CO)O2)[C@H]1OP(=O)(O)O. The summed E-state index contributed by atoms with van der Waals surface area (Å²) in [6, 6.07) is -1.71. The minimum Gasteiger partial charge on any atom is -0.477 e. The van der Waals surface area contributed by atoms with Crippen LogP contribution in [0.15, 0.2) is 0 Å². The van der Waals surface area contributed by atoms with Gasteiger partial charge in [0.1, 0.15) is 42.7 Å². The van der Waals surface area contributed by atoms with Gasteiger partial charge in [-0.15, -0.1) is 0 Å². The molecule has 21 heteroatoms. The van der Waals surface area contributed by atoms with Crippen molar-refractivity contribution in [1.82, 2.24) is 5.32 Å². The van der Waals surface area contributed by atoms with Crippen LogP contribution < -0.4 is 5.32 Å². The third-order valence-corrected chi connectivity index (χ3v) is 12.6. The van der Waals surface area contributed by atoms with E-state index in [1.165, 1.54) is 58.3 Å². The Morgan fingerprint density at radius 3 is 1.80 bits per heavy atom. The van der Waals surface area contributed by atoms with Crippen molar-refractivity contribution in [2.75, 3.05) is 13.2 Å². The number of esters is 2. The molecule has 2 aliphatic rings. The Morgan fingerprint density at radius 1 is 0.773 bits per heavy atom. The molecule has 20 nitrogen and oxygen atoms in total. The number of carboxylic acid groups (broad SMARTS) is 1. The van der Waals surface area contributed by atoms with Crippen LogP contribution in [0, 0.1) is 0 Å². The first kappa shape index (κ1) is 59.8. The van der Waals surface area contributed by atoms with Crippen molar-refractivity contribution in [1.29, 1.82) is 0 Å². The van der Waals surface area contributed by atoms with Crippen molar-refractivity contribution in [3.63, 3.8) is 0 Å². The minimum atomic E-state index is -5.56. The minimum absolute atomic E-state index is 0.134. The Hall–Kier alpha value is -2.33. The Kier molecular flexibility index (Phi) is 29.4. The van der Waals surface area contributed by atoms with Gasteiger partial charge in [0.15, 0.2) is 12.4 Å². The zero-order valence-corrected chi connectivity index (χ0v) is 40.3. The van der Waals surface area contributed by atoms with Crippen LogP contribution in [0.2, 0.25) is 0 Å². The van der Waals surface area contributed by atoms with Gasteiger partial charge in [0.05, 0.1) is 25.7 Å². The number of unbranched alkanes of at least 4 members (excludes halogenated alkanes) is 18. The molecule has 0 spiro atoms. The Balaban J connectivity index is 2.28. The topological polar surface area (TPSA) is 315 Å². The molecule has 386 valence electrons. The lowest BCUT2D eigenvalue weighted by atomic mass is 9.92. The molecule has 0 saturated carbocycles. The zero-order chi connectivity index (χ0) is 49.1. The molecule has 0 aliphatic carbocycles.